The van der Waals surface area contributed by atoms with Crippen molar-refractivity contribution < 1.29 is 9.90 Å². The van der Waals surface area contributed by atoms with Crippen molar-refractivity contribution in [2.75, 3.05) is 0 Å². The Bertz CT molecular complexity index is 657. The second-order valence-electron chi connectivity index (χ2n) is 6.36. The van der Waals surface area contributed by atoms with Crippen molar-refractivity contribution in [2.24, 2.45) is 11.8 Å². The SMILES string of the molecule is CC(C)CC(Cc1cccc(/C=C/c2ccccc2)c1)C(=O)O. The van der Waals surface area contributed by atoms with Crippen molar-refractivity contribution in [1.29, 1.82) is 0 Å². The van der Waals surface area contributed by atoms with Gasteiger partial charge in [-0.2, -0.15) is 0 Å². The summed E-state index contributed by atoms with van der Waals surface area (Å²) in [5.41, 5.74) is 3.33. The first-order chi connectivity index (χ1) is 11.0. The molecule has 0 bridgehead atoms. The molecule has 2 nitrogen and oxygen atoms in total. The zero-order valence-corrected chi connectivity index (χ0v) is 13.8. The van der Waals surface area contributed by atoms with Crippen molar-refractivity contribution in [3.8, 4) is 0 Å². The van der Waals surface area contributed by atoms with E-state index in [0.29, 0.717) is 18.8 Å². The van der Waals surface area contributed by atoms with E-state index in [4.69, 9.17) is 0 Å². The number of benzene rings is 2. The Balaban J connectivity index is 2.10. The number of hydrogen-bond donors (Lipinski definition) is 1. The highest BCUT2D eigenvalue weighted by Gasteiger charge is 2.19. The van der Waals surface area contributed by atoms with Crippen LogP contribution in [0.4, 0.5) is 0 Å². The van der Waals surface area contributed by atoms with Crippen LogP contribution in [-0.4, -0.2) is 11.1 Å². The Morgan fingerprint density at radius 1 is 1.00 bits per heavy atom. The maximum absolute atomic E-state index is 11.4. The predicted octanol–water partition coefficient (Wildman–Crippen LogP) is 5.15. The maximum Gasteiger partial charge on any atom is 0.306 e. The number of aliphatic carboxylic acids is 1. The van der Waals surface area contributed by atoms with Crippen LogP contribution in [0.25, 0.3) is 12.2 Å². The van der Waals surface area contributed by atoms with E-state index >= 15 is 0 Å². The molecule has 1 N–H and O–H groups in total. The normalized spacial score (nSPS) is 12.7. The van der Waals surface area contributed by atoms with Crippen molar-refractivity contribution in [1.82, 2.24) is 0 Å². The molecule has 0 amide bonds. The zero-order chi connectivity index (χ0) is 16.7. The highest BCUT2D eigenvalue weighted by atomic mass is 16.4. The van der Waals surface area contributed by atoms with Gasteiger partial charge in [-0.3, -0.25) is 4.79 Å². The molecule has 0 saturated carbocycles. The number of carboxylic acid groups (broad SMARTS) is 1. The summed E-state index contributed by atoms with van der Waals surface area (Å²) in [7, 11) is 0. The van der Waals surface area contributed by atoms with Crippen LogP contribution in [0.1, 0.15) is 37.0 Å². The molecule has 120 valence electrons. The highest BCUT2D eigenvalue weighted by Crippen LogP contribution is 2.19. The van der Waals surface area contributed by atoms with Crippen molar-refractivity contribution in [3.63, 3.8) is 0 Å². The number of rotatable bonds is 7. The third kappa shape index (κ3) is 5.74. The first-order valence-corrected chi connectivity index (χ1v) is 8.09. The van der Waals surface area contributed by atoms with Crippen LogP contribution in [0.5, 0.6) is 0 Å². The lowest BCUT2D eigenvalue weighted by molar-refractivity contribution is -0.142. The third-order valence-corrected chi connectivity index (χ3v) is 3.81. The van der Waals surface area contributed by atoms with E-state index in [9.17, 15) is 9.90 Å². The van der Waals surface area contributed by atoms with Gasteiger partial charge < -0.3 is 5.11 Å². The summed E-state index contributed by atoms with van der Waals surface area (Å²) in [5, 5.41) is 9.39. The van der Waals surface area contributed by atoms with Gasteiger partial charge in [0.05, 0.1) is 5.92 Å². The third-order valence-electron chi connectivity index (χ3n) is 3.81. The largest absolute Gasteiger partial charge is 0.481 e. The average molecular weight is 308 g/mol. The summed E-state index contributed by atoms with van der Waals surface area (Å²) < 4.78 is 0. The second kappa shape index (κ2) is 8.33. The Kier molecular flexibility index (Phi) is 6.16. The minimum atomic E-state index is -0.705. The number of hydrogen-bond acceptors (Lipinski definition) is 1. The van der Waals surface area contributed by atoms with Gasteiger partial charge in [-0.15, -0.1) is 0 Å². The molecule has 2 rings (SSSR count). The fourth-order valence-electron chi connectivity index (χ4n) is 2.71. The van der Waals surface area contributed by atoms with E-state index in [-0.39, 0.29) is 5.92 Å². The van der Waals surface area contributed by atoms with Gasteiger partial charge in [0.1, 0.15) is 0 Å². The molecule has 0 aliphatic carbocycles. The summed E-state index contributed by atoms with van der Waals surface area (Å²) in [6.45, 7) is 4.13. The zero-order valence-electron chi connectivity index (χ0n) is 13.8. The van der Waals surface area contributed by atoms with Crippen LogP contribution in [0.15, 0.2) is 54.6 Å². The first-order valence-electron chi connectivity index (χ1n) is 8.09. The molecule has 0 aromatic heterocycles. The van der Waals surface area contributed by atoms with Crippen molar-refractivity contribution in [3.05, 3.63) is 71.3 Å². The van der Waals surface area contributed by atoms with Gasteiger partial charge in [-0.1, -0.05) is 80.6 Å². The van der Waals surface area contributed by atoms with E-state index in [1.165, 1.54) is 0 Å². The lowest BCUT2D eigenvalue weighted by atomic mass is 9.90. The van der Waals surface area contributed by atoms with Gasteiger partial charge >= 0.3 is 5.97 Å². The minimum absolute atomic E-state index is 0.316. The second-order valence-corrected chi connectivity index (χ2v) is 6.36. The molecule has 1 unspecified atom stereocenters. The van der Waals surface area contributed by atoms with Crippen LogP contribution in [-0.2, 0) is 11.2 Å². The highest BCUT2D eigenvalue weighted by molar-refractivity contribution is 5.71. The van der Waals surface area contributed by atoms with Gasteiger partial charge in [-0.05, 0) is 35.4 Å². The predicted molar refractivity (Wildman–Crippen MR) is 96.1 cm³/mol. The smallest absolute Gasteiger partial charge is 0.306 e. The van der Waals surface area contributed by atoms with E-state index in [0.717, 1.165) is 16.7 Å². The standard InChI is InChI=1S/C21H24O2/c1-16(2)13-20(21(22)23)15-19-10-6-9-18(14-19)12-11-17-7-4-3-5-8-17/h3-12,14,16,20H,13,15H2,1-2H3,(H,22,23)/b12-11+. The molecular formula is C21H24O2. The van der Waals surface area contributed by atoms with E-state index in [2.05, 4.69) is 44.2 Å². The molecule has 0 aliphatic heterocycles. The summed E-state index contributed by atoms with van der Waals surface area (Å²) in [6.07, 6.45) is 5.43. The van der Waals surface area contributed by atoms with Crippen molar-refractivity contribution >= 4 is 18.1 Å². The molecule has 23 heavy (non-hydrogen) atoms. The quantitative estimate of drug-likeness (QED) is 0.718. The van der Waals surface area contributed by atoms with E-state index in [1.54, 1.807) is 0 Å². The summed E-state index contributed by atoms with van der Waals surface area (Å²) in [6, 6.07) is 18.3. The maximum atomic E-state index is 11.4. The topological polar surface area (TPSA) is 37.3 Å². The molecule has 0 aliphatic rings. The van der Waals surface area contributed by atoms with Crippen LogP contribution in [0, 0.1) is 11.8 Å². The molecule has 2 aromatic carbocycles. The molecule has 2 aromatic rings. The van der Waals surface area contributed by atoms with Gasteiger partial charge in [-0.25, -0.2) is 0 Å². The minimum Gasteiger partial charge on any atom is -0.481 e. The molecule has 0 saturated heterocycles. The molecular weight excluding hydrogens is 284 g/mol. The fourth-order valence-corrected chi connectivity index (χ4v) is 2.71. The fraction of sp³-hybridized carbons (Fsp3) is 0.286. The monoisotopic (exact) mass is 308 g/mol. The average Bonchev–Trinajstić information content (AvgIpc) is 2.53. The van der Waals surface area contributed by atoms with E-state index in [1.807, 2.05) is 36.4 Å². The lowest BCUT2D eigenvalue weighted by Crippen LogP contribution is -2.18. The van der Waals surface area contributed by atoms with Gasteiger partial charge in [0.25, 0.3) is 0 Å². The Morgan fingerprint density at radius 3 is 2.30 bits per heavy atom. The van der Waals surface area contributed by atoms with E-state index < -0.39 is 5.97 Å². The molecule has 0 radical (unpaired) electrons. The van der Waals surface area contributed by atoms with Crippen LogP contribution in [0.2, 0.25) is 0 Å². The number of carbonyl (C=O) groups is 1. The molecule has 2 heteroatoms. The van der Waals surface area contributed by atoms with Crippen LogP contribution in [0.3, 0.4) is 0 Å². The first kappa shape index (κ1) is 17.0. The van der Waals surface area contributed by atoms with Crippen molar-refractivity contribution in [2.45, 2.75) is 26.7 Å². The summed E-state index contributed by atoms with van der Waals surface area (Å²) in [4.78, 5) is 11.4. The van der Waals surface area contributed by atoms with Gasteiger partial charge in [0, 0.05) is 0 Å². The van der Waals surface area contributed by atoms with Gasteiger partial charge in [0.2, 0.25) is 0 Å². The Hall–Kier alpha value is -2.35. The molecule has 1 atom stereocenters. The van der Waals surface area contributed by atoms with Crippen LogP contribution >= 0.6 is 0 Å². The molecule has 0 spiro atoms. The van der Waals surface area contributed by atoms with Gasteiger partial charge in [0.15, 0.2) is 0 Å². The number of carboxylic acids is 1. The lowest BCUT2D eigenvalue weighted by Gasteiger charge is -2.15. The molecule has 0 heterocycles. The molecule has 0 fully saturated rings. The Labute approximate surface area is 138 Å². The summed E-state index contributed by atoms with van der Waals surface area (Å²) in [5.74, 6) is -0.635. The van der Waals surface area contributed by atoms with Crippen LogP contribution < -0.4 is 0 Å². The Morgan fingerprint density at radius 2 is 1.65 bits per heavy atom. The summed E-state index contributed by atoms with van der Waals surface area (Å²) >= 11 is 0.